The van der Waals surface area contributed by atoms with Gasteiger partial charge in [0.25, 0.3) is 0 Å². The molecule has 8 heteroatoms. The lowest BCUT2D eigenvalue weighted by atomic mass is 9.91. The molecule has 4 aromatic rings. The van der Waals surface area contributed by atoms with Crippen molar-refractivity contribution in [3.05, 3.63) is 66.1 Å². The molecule has 2 N–H and O–H groups in total. The summed E-state index contributed by atoms with van der Waals surface area (Å²) in [6.07, 6.45) is 10.3. The second-order valence-electron chi connectivity index (χ2n) is 8.55. The highest BCUT2D eigenvalue weighted by Gasteiger charge is 2.21. The minimum absolute atomic E-state index is 0.444. The maximum atomic E-state index is 6.36. The molecule has 1 aromatic carbocycles. The molecule has 3 aromatic heterocycles. The minimum atomic E-state index is 0.444. The topological polar surface area (TPSA) is 72.7 Å². The van der Waals surface area contributed by atoms with Gasteiger partial charge in [0.2, 0.25) is 0 Å². The smallest absolute Gasteiger partial charge is 0.141 e. The largest absolute Gasteiger partial charge is 0.496 e. The molecule has 0 radical (unpaired) electrons. The Balaban J connectivity index is 1.27. The number of ether oxygens (including phenoxy) is 2. The van der Waals surface area contributed by atoms with Crippen molar-refractivity contribution in [1.29, 1.82) is 0 Å². The summed E-state index contributed by atoms with van der Waals surface area (Å²) in [5.41, 5.74) is 3.55. The lowest BCUT2D eigenvalue weighted by Gasteiger charge is -2.30. The van der Waals surface area contributed by atoms with Crippen molar-refractivity contribution in [3.8, 4) is 22.8 Å². The van der Waals surface area contributed by atoms with E-state index in [1.54, 1.807) is 20.3 Å². The molecule has 0 saturated heterocycles. The molecule has 3 heterocycles. The van der Waals surface area contributed by atoms with E-state index in [1.165, 1.54) is 0 Å². The molecule has 0 aliphatic heterocycles. The molecule has 0 amide bonds. The molecule has 34 heavy (non-hydrogen) atoms. The third-order valence-electron chi connectivity index (χ3n) is 6.32. The van der Waals surface area contributed by atoms with Crippen molar-refractivity contribution in [3.63, 3.8) is 0 Å². The second-order valence-corrected chi connectivity index (χ2v) is 8.95. The van der Waals surface area contributed by atoms with Gasteiger partial charge in [0, 0.05) is 54.1 Å². The van der Waals surface area contributed by atoms with Crippen molar-refractivity contribution in [2.75, 3.05) is 24.9 Å². The number of rotatable bonds is 7. The zero-order chi connectivity index (χ0) is 23.5. The summed E-state index contributed by atoms with van der Waals surface area (Å²) in [5.74, 6) is 2.19. The number of nitrogens with one attached hydrogen (secondary N) is 2. The van der Waals surface area contributed by atoms with Gasteiger partial charge < -0.3 is 24.5 Å². The number of anilines is 2. The number of pyridine rings is 2. The fourth-order valence-corrected chi connectivity index (χ4v) is 4.78. The summed E-state index contributed by atoms with van der Waals surface area (Å²) in [6.45, 7) is 0. The highest BCUT2D eigenvalue weighted by atomic mass is 35.5. The Hall–Kier alpha value is -3.45. The number of hydrogen-bond donors (Lipinski definition) is 2. The van der Waals surface area contributed by atoms with Gasteiger partial charge in [-0.05, 0) is 49.9 Å². The number of aromatic nitrogens is 3. The summed E-state index contributed by atoms with van der Waals surface area (Å²) in [7, 11) is 3.22. The van der Waals surface area contributed by atoms with Gasteiger partial charge in [-0.25, -0.2) is 9.97 Å². The SMILES string of the molecule is COc1cc(OC)c(-c2cn3ccc(NC4CCC(Nc5ccccn5)CC4)cc3n2)cc1Cl. The van der Waals surface area contributed by atoms with Crippen molar-refractivity contribution in [2.24, 2.45) is 0 Å². The van der Waals surface area contributed by atoms with Crippen molar-refractivity contribution >= 4 is 28.8 Å². The number of methoxy groups -OCH3 is 2. The third kappa shape index (κ3) is 4.75. The summed E-state index contributed by atoms with van der Waals surface area (Å²) in [5, 5.41) is 7.76. The Morgan fingerprint density at radius 3 is 2.41 bits per heavy atom. The first-order valence-electron chi connectivity index (χ1n) is 11.5. The normalized spacial score (nSPS) is 18.0. The Labute approximate surface area is 204 Å². The van der Waals surface area contributed by atoms with Crippen LogP contribution in [0.25, 0.3) is 16.9 Å². The lowest BCUT2D eigenvalue weighted by Crippen LogP contribution is -2.32. The number of halogens is 1. The van der Waals surface area contributed by atoms with Gasteiger partial charge in [-0.15, -0.1) is 0 Å². The van der Waals surface area contributed by atoms with E-state index in [4.69, 9.17) is 26.1 Å². The number of hydrogen-bond acceptors (Lipinski definition) is 6. The third-order valence-corrected chi connectivity index (χ3v) is 6.62. The zero-order valence-corrected chi connectivity index (χ0v) is 20.0. The predicted octanol–water partition coefficient (Wildman–Crippen LogP) is 5.90. The van der Waals surface area contributed by atoms with E-state index >= 15 is 0 Å². The number of fused-ring (bicyclic) bond motifs is 1. The van der Waals surface area contributed by atoms with E-state index in [0.29, 0.717) is 28.6 Å². The molecular weight excluding hydrogens is 450 g/mol. The fourth-order valence-electron chi connectivity index (χ4n) is 4.54. The highest BCUT2D eigenvalue weighted by Crippen LogP contribution is 2.38. The highest BCUT2D eigenvalue weighted by molar-refractivity contribution is 6.32. The standard InChI is InChI=1S/C26H28ClN5O2/c1-33-23-15-24(34-2)21(27)14-20(23)22-16-32-12-10-19(13-26(32)31-22)29-17-6-8-18(9-7-17)30-25-5-3-4-11-28-25/h3-5,10-18,29H,6-9H2,1-2H3,(H,28,30). The predicted molar refractivity (Wildman–Crippen MR) is 136 cm³/mol. The summed E-state index contributed by atoms with van der Waals surface area (Å²) in [6, 6.07) is 14.7. The maximum absolute atomic E-state index is 6.36. The average Bonchev–Trinajstić information content (AvgIpc) is 3.29. The van der Waals surface area contributed by atoms with Crippen LogP contribution in [-0.2, 0) is 0 Å². The van der Waals surface area contributed by atoms with Crippen LogP contribution in [0.1, 0.15) is 25.7 Å². The van der Waals surface area contributed by atoms with Crippen molar-refractivity contribution in [2.45, 2.75) is 37.8 Å². The van der Waals surface area contributed by atoms with Crippen LogP contribution in [0.15, 0.2) is 61.1 Å². The summed E-state index contributed by atoms with van der Waals surface area (Å²) in [4.78, 5) is 9.21. The first-order chi connectivity index (χ1) is 16.6. The Bertz CT molecular complexity index is 1270. The molecule has 1 fully saturated rings. The molecule has 1 saturated carbocycles. The maximum Gasteiger partial charge on any atom is 0.141 e. The average molecular weight is 478 g/mol. The first-order valence-corrected chi connectivity index (χ1v) is 11.9. The van der Waals surface area contributed by atoms with Crippen LogP contribution in [0.4, 0.5) is 11.5 Å². The van der Waals surface area contributed by atoms with Gasteiger partial charge in [-0.2, -0.15) is 0 Å². The molecule has 0 spiro atoms. The van der Waals surface area contributed by atoms with Gasteiger partial charge >= 0.3 is 0 Å². The monoisotopic (exact) mass is 477 g/mol. The van der Waals surface area contributed by atoms with Crippen LogP contribution in [0.5, 0.6) is 11.5 Å². The Kier molecular flexibility index (Phi) is 6.45. The Morgan fingerprint density at radius 1 is 0.941 bits per heavy atom. The summed E-state index contributed by atoms with van der Waals surface area (Å²) >= 11 is 6.36. The molecular formula is C26H28ClN5O2. The molecule has 1 aliphatic rings. The van der Waals surface area contributed by atoms with Crippen molar-refractivity contribution < 1.29 is 9.47 Å². The van der Waals surface area contributed by atoms with Gasteiger partial charge in [-0.3, -0.25) is 0 Å². The molecule has 5 rings (SSSR count). The van der Waals surface area contributed by atoms with Crippen molar-refractivity contribution in [1.82, 2.24) is 14.4 Å². The summed E-state index contributed by atoms with van der Waals surface area (Å²) < 4.78 is 12.9. The molecule has 0 atom stereocenters. The lowest BCUT2D eigenvalue weighted by molar-refractivity contribution is 0.395. The van der Waals surface area contributed by atoms with Crippen LogP contribution < -0.4 is 20.1 Å². The van der Waals surface area contributed by atoms with E-state index in [0.717, 1.165) is 54.1 Å². The van der Waals surface area contributed by atoms with Gasteiger partial charge in [-0.1, -0.05) is 17.7 Å². The first kappa shape index (κ1) is 22.3. The van der Waals surface area contributed by atoms with Gasteiger partial charge in [0.05, 0.1) is 24.9 Å². The molecule has 7 nitrogen and oxygen atoms in total. The number of imidazole rings is 1. The van der Waals surface area contributed by atoms with E-state index < -0.39 is 0 Å². The number of benzene rings is 1. The van der Waals surface area contributed by atoms with Crippen LogP contribution in [0.2, 0.25) is 5.02 Å². The zero-order valence-electron chi connectivity index (χ0n) is 19.3. The van der Waals surface area contributed by atoms with Gasteiger partial charge in [0.1, 0.15) is 23.0 Å². The minimum Gasteiger partial charge on any atom is -0.496 e. The van der Waals surface area contributed by atoms with Crippen LogP contribution >= 0.6 is 11.6 Å². The molecule has 0 bridgehead atoms. The van der Waals surface area contributed by atoms with E-state index in [-0.39, 0.29) is 0 Å². The molecule has 1 aliphatic carbocycles. The van der Waals surface area contributed by atoms with E-state index in [1.807, 2.05) is 47.3 Å². The van der Waals surface area contributed by atoms with Crippen LogP contribution in [0.3, 0.4) is 0 Å². The molecule has 176 valence electrons. The second kappa shape index (κ2) is 9.81. The number of nitrogens with zero attached hydrogens (tertiary/aromatic N) is 3. The van der Waals surface area contributed by atoms with Gasteiger partial charge in [0.15, 0.2) is 0 Å². The molecule has 0 unspecified atom stereocenters. The quantitative estimate of drug-likeness (QED) is 0.345. The van der Waals surface area contributed by atoms with Crippen LogP contribution in [-0.4, -0.2) is 40.7 Å². The van der Waals surface area contributed by atoms with Crippen LogP contribution in [0, 0.1) is 0 Å². The van der Waals surface area contributed by atoms with E-state index in [2.05, 4.69) is 27.8 Å². The fraction of sp³-hybridized carbons (Fsp3) is 0.308. The van der Waals surface area contributed by atoms with E-state index in [9.17, 15) is 0 Å². The Morgan fingerprint density at radius 2 is 1.71 bits per heavy atom.